The number of rotatable bonds is 4. The fourth-order valence-corrected chi connectivity index (χ4v) is 1.07. The molecule has 0 aliphatic rings. The van der Waals surface area contributed by atoms with E-state index in [-0.39, 0.29) is 0 Å². The summed E-state index contributed by atoms with van der Waals surface area (Å²) in [7, 11) is 3.11. The summed E-state index contributed by atoms with van der Waals surface area (Å²) in [5.74, 6) is 1.71. The van der Waals surface area contributed by atoms with Gasteiger partial charge in [0.1, 0.15) is 5.76 Å². The van der Waals surface area contributed by atoms with Crippen LogP contribution in [-0.4, -0.2) is 14.2 Å². The minimum absolute atomic E-state index is 0.361. The third-order valence-corrected chi connectivity index (χ3v) is 1.74. The molecule has 0 aliphatic heterocycles. The summed E-state index contributed by atoms with van der Waals surface area (Å²) in [6, 6.07) is 3.59. The van der Waals surface area contributed by atoms with Crippen molar-refractivity contribution < 1.29 is 13.9 Å². The molecule has 0 saturated heterocycles. The number of alkyl halides is 1. The molecule has 12 heavy (non-hydrogen) atoms. The molecule has 1 aromatic rings. The predicted octanol–water partition coefficient (Wildman–Crippen LogP) is 2.31. The predicted molar refractivity (Wildman–Crippen MR) is 45.0 cm³/mol. The monoisotopic (exact) mass is 190 g/mol. The SMILES string of the molecule is COC(OC)c1ccc(CCl)o1. The van der Waals surface area contributed by atoms with Gasteiger partial charge >= 0.3 is 0 Å². The van der Waals surface area contributed by atoms with Crippen molar-refractivity contribution in [1.29, 1.82) is 0 Å². The van der Waals surface area contributed by atoms with Gasteiger partial charge in [0.2, 0.25) is 6.29 Å². The molecule has 0 saturated carbocycles. The topological polar surface area (TPSA) is 31.6 Å². The molecular formula is C8H11ClO3. The molecule has 0 radical (unpaired) electrons. The summed E-state index contributed by atoms with van der Waals surface area (Å²) in [6.45, 7) is 0. The maximum Gasteiger partial charge on any atom is 0.216 e. The Hall–Kier alpha value is -0.510. The summed E-state index contributed by atoms with van der Waals surface area (Å²) >= 11 is 5.56. The first kappa shape index (κ1) is 9.58. The molecule has 0 unspecified atom stereocenters. The van der Waals surface area contributed by atoms with Gasteiger partial charge in [-0.05, 0) is 12.1 Å². The lowest BCUT2D eigenvalue weighted by Crippen LogP contribution is -2.01. The van der Waals surface area contributed by atoms with E-state index in [4.69, 9.17) is 25.5 Å². The first-order valence-corrected chi connectivity index (χ1v) is 4.05. The van der Waals surface area contributed by atoms with Crippen molar-refractivity contribution in [2.75, 3.05) is 14.2 Å². The van der Waals surface area contributed by atoms with Gasteiger partial charge in [0.25, 0.3) is 0 Å². The normalized spacial score (nSPS) is 11.0. The van der Waals surface area contributed by atoms with Crippen molar-refractivity contribution in [3.05, 3.63) is 23.7 Å². The Morgan fingerprint density at radius 2 is 2.08 bits per heavy atom. The second-order valence-corrected chi connectivity index (χ2v) is 2.51. The van der Waals surface area contributed by atoms with Crippen LogP contribution in [0.25, 0.3) is 0 Å². The molecule has 0 bridgehead atoms. The van der Waals surface area contributed by atoms with Crippen LogP contribution in [-0.2, 0) is 15.4 Å². The van der Waals surface area contributed by atoms with Gasteiger partial charge in [-0.15, -0.1) is 11.6 Å². The number of ether oxygens (including phenoxy) is 2. The third kappa shape index (κ3) is 2.00. The highest BCUT2D eigenvalue weighted by Gasteiger charge is 2.12. The number of halogens is 1. The Labute approximate surface area is 76.2 Å². The first-order chi connectivity index (χ1) is 5.81. The summed E-state index contributed by atoms with van der Waals surface area (Å²) in [5, 5.41) is 0. The molecule has 0 aliphatic carbocycles. The second kappa shape index (κ2) is 4.50. The van der Waals surface area contributed by atoms with Crippen LogP contribution in [0.5, 0.6) is 0 Å². The lowest BCUT2D eigenvalue weighted by atomic mass is 10.4. The van der Waals surface area contributed by atoms with Crippen molar-refractivity contribution in [2.45, 2.75) is 12.2 Å². The summed E-state index contributed by atoms with van der Waals surface area (Å²) in [5.41, 5.74) is 0. The van der Waals surface area contributed by atoms with Gasteiger partial charge in [-0.1, -0.05) is 0 Å². The van der Waals surface area contributed by atoms with Gasteiger partial charge in [-0.25, -0.2) is 0 Å². The van der Waals surface area contributed by atoms with E-state index in [1.807, 2.05) is 0 Å². The summed E-state index contributed by atoms with van der Waals surface area (Å²) in [4.78, 5) is 0. The molecule has 68 valence electrons. The fraction of sp³-hybridized carbons (Fsp3) is 0.500. The molecule has 0 N–H and O–H groups in total. The van der Waals surface area contributed by atoms with Gasteiger partial charge in [-0.3, -0.25) is 0 Å². The molecule has 0 aromatic carbocycles. The van der Waals surface area contributed by atoms with Gasteiger partial charge in [0, 0.05) is 14.2 Å². The molecule has 3 nitrogen and oxygen atoms in total. The zero-order chi connectivity index (χ0) is 8.97. The first-order valence-electron chi connectivity index (χ1n) is 3.52. The zero-order valence-electron chi connectivity index (χ0n) is 7.04. The van der Waals surface area contributed by atoms with E-state index in [2.05, 4.69) is 0 Å². The van der Waals surface area contributed by atoms with Gasteiger partial charge < -0.3 is 13.9 Å². The molecular weight excluding hydrogens is 180 g/mol. The average Bonchev–Trinajstić information content (AvgIpc) is 2.55. The van der Waals surface area contributed by atoms with E-state index in [9.17, 15) is 0 Å². The molecule has 0 amide bonds. The van der Waals surface area contributed by atoms with Crippen LogP contribution >= 0.6 is 11.6 Å². The highest BCUT2D eigenvalue weighted by molar-refractivity contribution is 6.16. The molecule has 1 aromatic heterocycles. The summed E-state index contributed by atoms with van der Waals surface area (Å²) < 4.78 is 15.3. The van der Waals surface area contributed by atoms with Crippen LogP contribution in [0.15, 0.2) is 16.5 Å². The minimum Gasteiger partial charge on any atom is -0.459 e. The van der Waals surface area contributed by atoms with E-state index in [0.29, 0.717) is 17.4 Å². The Balaban J connectivity index is 2.72. The van der Waals surface area contributed by atoms with E-state index in [0.717, 1.165) is 0 Å². The van der Waals surface area contributed by atoms with Crippen molar-refractivity contribution in [3.63, 3.8) is 0 Å². The van der Waals surface area contributed by atoms with Crippen LogP contribution < -0.4 is 0 Å². The number of hydrogen-bond donors (Lipinski definition) is 0. The van der Waals surface area contributed by atoms with E-state index in [1.54, 1.807) is 26.4 Å². The number of furan rings is 1. The van der Waals surface area contributed by atoms with Crippen molar-refractivity contribution in [2.24, 2.45) is 0 Å². The zero-order valence-corrected chi connectivity index (χ0v) is 7.80. The Morgan fingerprint density at radius 3 is 2.50 bits per heavy atom. The summed E-state index contributed by atoms with van der Waals surface area (Å²) in [6.07, 6.45) is -0.443. The highest BCUT2D eigenvalue weighted by Crippen LogP contribution is 2.20. The molecule has 0 spiro atoms. The maximum atomic E-state index is 5.56. The smallest absolute Gasteiger partial charge is 0.216 e. The number of methoxy groups -OCH3 is 2. The quantitative estimate of drug-likeness (QED) is 0.540. The largest absolute Gasteiger partial charge is 0.459 e. The molecule has 1 rings (SSSR count). The van der Waals surface area contributed by atoms with Crippen LogP contribution in [0.1, 0.15) is 17.8 Å². The van der Waals surface area contributed by atoms with Crippen LogP contribution in [0.4, 0.5) is 0 Å². The van der Waals surface area contributed by atoms with Gasteiger partial charge in [0.15, 0.2) is 5.76 Å². The Kier molecular flexibility index (Phi) is 3.59. The van der Waals surface area contributed by atoms with Crippen LogP contribution in [0.2, 0.25) is 0 Å². The fourth-order valence-electron chi connectivity index (χ4n) is 0.922. The van der Waals surface area contributed by atoms with Crippen molar-refractivity contribution in [1.82, 2.24) is 0 Å². The van der Waals surface area contributed by atoms with Crippen molar-refractivity contribution >= 4 is 11.6 Å². The Bertz CT molecular complexity index is 230. The lowest BCUT2D eigenvalue weighted by molar-refractivity contribution is -0.118. The molecule has 0 atom stereocenters. The highest BCUT2D eigenvalue weighted by atomic mass is 35.5. The third-order valence-electron chi connectivity index (χ3n) is 1.47. The molecule has 0 fully saturated rings. The van der Waals surface area contributed by atoms with Gasteiger partial charge in [0.05, 0.1) is 5.88 Å². The number of hydrogen-bond acceptors (Lipinski definition) is 3. The molecule has 4 heteroatoms. The maximum absolute atomic E-state index is 5.56. The minimum atomic E-state index is -0.443. The average molecular weight is 191 g/mol. The van der Waals surface area contributed by atoms with E-state index >= 15 is 0 Å². The van der Waals surface area contributed by atoms with E-state index in [1.165, 1.54) is 0 Å². The lowest BCUT2D eigenvalue weighted by Gasteiger charge is -2.09. The van der Waals surface area contributed by atoms with Crippen LogP contribution in [0, 0.1) is 0 Å². The van der Waals surface area contributed by atoms with Crippen LogP contribution in [0.3, 0.4) is 0 Å². The molecule has 1 heterocycles. The van der Waals surface area contributed by atoms with Gasteiger partial charge in [-0.2, -0.15) is 0 Å². The second-order valence-electron chi connectivity index (χ2n) is 2.24. The van der Waals surface area contributed by atoms with Crippen molar-refractivity contribution in [3.8, 4) is 0 Å². The van der Waals surface area contributed by atoms with E-state index < -0.39 is 6.29 Å². The Morgan fingerprint density at radius 1 is 1.42 bits per heavy atom. The standard InChI is InChI=1S/C8H11ClO3/c1-10-8(11-2)7-4-3-6(5-9)12-7/h3-4,8H,5H2,1-2H3.